The van der Waals surface area contributed by atoms with Gasteiger partial charge in [0, 0.05) is 4.83 Å². The lowest BCUT2D eigenvalue weighted by Crippen LogP contribution is -2.16. The van der Waals surface area contributed by atoms with Crippen LogP contribution in [-0.4, -0.2) is 16.9 Å². The van der Waals surface area contributed by atoms with Gasteiger partial charge in [-0.3, -0.25) is 0 Å². The van der Waals surface area contributed by atoms with Crippen LogP contribution >= 0.6 is 15.9 Å². The van der Waals surface area contributed by atoms with Gasteiger partial charge in [0.25, 0.3) is 0 Å². The van der Waals surface area contributed by atoms with Crippen molar-refractivity contribution in [3.05, 3.63) is 0 Å². The van der Waals surface area contributed by atoms with Crippen LogP contribution in [0.5, 0.6) is 0 Å². The third-order valence-corrected chi connectivity index (χ3v) is 2.78. The van der Waals surface area contributed by atoms with E-state index < -0.39 is 0 Å². The zero-order valence-electron chi connectivity index (χ0n) is 5.72. The van der Waals surface area contributed by atoms with Crippen molar-refractivity contribution in [2.24, 2.45) is 4.99 Å². The first-order valence-corrected chi connectivity index (χ1v) is 4.45. The number of carbonyl (C=O) groups excluding carboxylic acids is 1. The molecule has 0 spiro atoms. The number of halogens is 1. The van der Waals surface area contributed by atoms with Crippen LogP contribution in [0.3, 0.4) is 0 Å². The summed E-state index contributed by atoms with van der Waals surface area (Å²) >= 11 is 3.53. The Morgan fingerprint density at radius 2 is 1.90 bits per heavy atom. The molecular formula is C7H10BrNO. The zero-order valence-corrected chi connectivity index (χ0v) is 7.30. The van der Waals surface area contributed by atoms with Gasteiger partial charge in [0.2, 0.25) is 6.08 Å². The summed E-state index contributed by atoms with van der Waals surface area (Å²) in [6.45, 7) is 0. The summed E-state index contributed by atoms with van der Waals surface area (Å²) in [5, 5.41) is 0. The lowest BCUT2D eigenvalue weighted by molar-refractivity contribution is 0.452. The van der Waals surface area contributed by atoms with Gasteiger partial charge in [-0.2, -0.15) is 0 Å². The van der Waals surface area contributed by atoms with E-state index in [2.05, 4.69) is 20.9 Å². The summed E-state index contributed by atoms with van der Waals surface area (Å²) in [7, 11) is 0. The van der Waals surface area contributed by atoms with Crippen LogP contribution < -0.4 is 0 Å². The van der Waals surface area contributed by atoms with Crippen molar-refractivity contribution in [2.75, 3.05) is 0 Å². The van der Waals surface area contributed by atoms with E-state index in [1.54, 1.807) is 6.08 Å². The minimum Gasteiger partial charge on any atom is -0.211 e. The highest BCUT2D eigenvalue weighted by atomic mass is 79.9. The molecule has 1 rings (SSSR count). The minimum atomic E-state index is 0.256. The first-order valence-electron chi connectivity index (χ1n) is 3.54. The maximum Gasteiger partial charge on any atom is 0.235 e. The highest BCUT2D eigenvalue weighted by molar-refractivity contribution is 9.09. The van der Waals surface area contributed by atoms with Gasteiger partial charge in [0.15, 0.2) is 0 Å². The Hall–Kier alpha value is -0.140. The fourth-order valence-electron chi connectivity index (χ4n) is 1.24. The molecule has 0 N–H and O–H groups in total. The molecule has 0 bridgehead atoms. The van der Waals surface area contributed by atoms with Gasteiger partial charge in [0.05, 0.1) is 6.04 Å². The lowest BCUT2D eigenvalue weighted by Gasteiger charge is -2.20. The van der Waals surface area contributed by atoms with E-state index in [1.807, 2.05) is 0 Å². The Morgan fingerprint density at radius 3 is 2.40 bits per heavy atom. The normalized spacial score (nSPS) is 32.9. The van der Waals surface area contributed by atoms with Gasteiger partial charge in [-0.1, -0.05) is 15.9 Å². The highest BCUT2D eigenvalue weighted by Crippen LogP contribution is 2.25. The van der Waals surface area contributed by atoms with Gasteiger partial charge in [-0.05, 0) is 25.7 Å². The Bertz CT molecular complexity index is 146. The number of alkyl halides is 1. The summed E-state index contributed by atoms with van der Waals surface area (Å²) in [5.74, 6) is 0. The van der Waals surface area contributed by atoms with Crippen LogP contribution in [-0.2, 0) is 4.79 Å². The van der Waals surface area contributed by atoms with Gasteiger partial charge in [-0.25, -0.2) is 9.79 Å². The first kappa shape index (κ1) is 7.96. The second-order valence-corrected chi connectivity index (χ2v) is 3.92. The summed E-state index contributed by atoms with van der Waals surface area (Å²) in [4.78, 5) is 14.2. The monoisotopic (exact) mass is 203 g/mol. The number of nitrogens with zero attached hydrogens (tertiary/aromatic N) is 1. The van der Waals surface area contributed by atoms with Crippen molar-refractivity contribution < 1.29 is 4.79 Å². The molecule has 2 nitrogen and oxygen atoms in total. The number of hydrogen-bond acceptors (Lipinski definition) is 2. The van der Waals surface area contributed by atoms with E-state index in [9.17, 15) is 4.79 Å². The van der Waals surface area contributed by atoms with Gasteiger partial charge >= 0.3 is 0 Å². The molecule has 56 valence electrons. The van der Waals surface area contributed by atoms with Crippen molar-refractivity contribution in [1.29, 1.82) is 0 Å². The second-order valence-electron chi connectivity index (χ2n) is 2.63. The molecule has 0 aliphatic heterocycles. The fourth-order valence-corrected chi connectivity index (χ4v) is 1.77. The maximum absolute atomic E-state index is 9.85. The van der Waals surface area contributed by atoms with Crippen LogP contribution in [0.15, 0.2) is 4.99 Å². The predicted molar refractivity (Wildman–Crippen MR) is 43.1 cm³/mol. The van der Waals surface area contributed by atoms with Crippen molar-refractivity contribution >= 4 is 22.0 Å². The molecule has 1 aliphatic rings. The number of isocyanates is 1. The van der Waals surface area contributed by atoms with Crippen molar-refractivity contribution in [3.63, 3.8) is 0 Å². The predicted octanol–water partition coefficient (Wildman–Crippen LogP) is 2.03. The third-order valence-electron chi connectivity index (χ3n) is 1.86. The molecule has 0 unspecified atom stereocenters. The fraction of sp³-hybridized carbons (Fsp3) is 0.857. The van der Waals surface area contributed by atoms with E-state index in [1.165, 1.54) is 0 Å². The van der Waals surface area contributed by atoms with Crippen LogP contribution in [0.1, 0.15) is 25.7 Å². The summed E-state index contributed by atoms with van der Waals surface area (Å²) in [5.41, 5.74) is 0. The van der Waals surface area contributed by atoms with Gasteiger partial charge < -0.3 is 0 Å². The van der Waals surface area contributed by atoms with Crippen LogP contribution in [0.4, 0.5) is 0 Å². The molecule has 0 amide bonds. The molecule has 0 radical (unpaired) electrons. The molecule has 0 atom stereocenters. The molecule has 0 heterocycles. The molecule has 1 saturated carbocycles. The first-order chi connectivity index (χ1) is 4.83. The SMILES string of the molecule is O=C=NC1CCC(Br)CC1. The Morgan fingerprint density at radius 1 is 1.30 bits per heavy atom. The third kappa shape index (κ3) is 2.24. The van der Waals surface area contributed by atoms with Crippen LogP contribution in [0, 0.1) is 0 Å². The zero-order chi connectivity index (χ0) is 7.40. The molecule has 1 aliphatic carbocycles. The van der Waals surface area contributed by atoms with E-state index in [0.29, 0.717) is 4.83 Å². The molecule has 1 fully saturated rings. The Kier molecular flexibility index (Phi) is 3.10. The summed E-state index contributed by atoms with van der Waals surface area (Å²) in [6.07, 6.45) is 5.95. The molecule has 0 aromatic rings. The molecule has 10 heavy (non-hydrogen) atoms. The van der Waals surface area contributed by atoms with Crippen LogP contribution in [0.2, 0.25) is 0 Å². The molecule has 0 aromatic carbocycles. The van der Waals surface area contributed by atoms with Crippen molar-refractivity contribution in [1.82, 2.24) is 0 Å². The second kappa shape index (κ2) is 3.89. The highest BCUT2D eigenvalue weighted by Gasteiger charge is 2.17. The van der Waals surface area contributed by atoms with Gasteiger partial charge in [0.1, 0.15) is 0 Å². The van der Waals surface area contributed by atoms with E-state index in [-0.39, 0.29) is 6.04 Å². The van der Waals surface area contributed by atoms with Gasteiger partial charge in [-0.15, -0.1) is 0 Å². The van der Waals surface area contributed by atoms with Crippen LogP contribution in [0.25, 0.3) is 0 Å². The molecule has 0 aromatic heterocycles. The summed E-state index contributed by atoms with van der Waals surface area (Å²) in [6, 6.07) is 0.256. The standard InChI is InChI=1S/C7H10BrNO/c8-6-1-3-7(4-2-6)9-5-10/h6-7H,1-4H2. The van der Waals surface area contributed by atoms with E-state index >= 15 is 0 Å². The maximum atomic E-state index is 9.85. The molecule has 3 heteroatoms. The molecule has 0 saturated heterocycles. The Labute approximate surface area is 68.8 Å². The number of hydrogen-bond donors (Lipinski definition) is 0. The topological polar surface area (TPSA) is 29.4 Å². The van der Waals surface area contributed by atoms with E-state index in [0.717, 1.165) is 25.7 Å². The minimum absolute atomic E-state index is 0.256. The average molecular weight is 204 g/mol. The number of rotatable bonds is 1. The van der Waals surface area contributed by atoms with E-state index in [4.69, 9.17) is 0 Å². The van der Waals surface area contributed by atoms with Crippen molar-refractivity contribution in [3.8, 4) is 0 Å². The Balaban J connectivity index is 2.32. The summed E-state index contributed by atoms with van der Waals surface area (Å²) < 4.78 is 0. The lowest BCUT2D eigenvalue weighted by atomic mass is 9.96. The smallest absolute Gasteiger partial charge is 0.211 e. The largest absolute Gasteiger partial charge is 0.235 e. The molecular weight excluding hydrogens is 194 g/mol. The number of aliphatic imine (C=N–C) groups is 1. The average Bonchev–Trinajstić information content (AvgIpc) is 1.95. The quantitative estimate of drug-likeness (QED) is 0.365. The van der Waals surface area contributed by atoms with Crippen molar-refractivity contribution in [2.45, 2.75) is 36.6 Å².